The third-order valence-electron chi connectivity index (χ3n) is 5.84. The molecular weight excluding hydrogens is 451 g/mol. The molecule has 1 aliphatic rings. The first-order valence-corrected chi connectivity index (χ1v) is 11.5. The quantitative estimate of drug-likeness (QED) is 0.409. The number of halogens is 3. The van der Waals surface area contributed by atoms with E-state index in [1.165, 1.54) is 11.3 Å². The van der Waals surface area contributed by atoms with Crippen molar-refractivity contribution in [2.75, 3.05) is 18.6 Å². The normalized spacial score (nSPS) is 18.8. The Kier molecular flexibility index (Phi) is 7.29. The molecule has 0 saturated carbocycles. The van der Waals surface area contributed by atoms with Gasteiger partial charge in [0.15, 0.2) is 0 Å². The maximum Gasteiger partial charge on any atom is 0.119 e. The molecule has 3 aromatic carbocycles. The molecule has 0 bridgehead atoms. The smallest absolute Gasteiger partial charge is 0.119 e. The SMILES string of the molecule is COc1ccc(N2CCC(NCc3ccc(Cl)c(Cl)c3)CC2c2ccc(Cl)cc2)cc1. The highest BCUT2D eigenvalue weighted by Crippen LogP contribution is 2.36. The van der Waals surface area contributed by atoms with Crippen LogP contribution in [-0.2, 0) is 6.54 Å². The molecule has 1 saturated heterocycles. The van der Waals surface area contributed by atoms with Gasteiger partial charge in [-0.1, -0.05) is 53.0 Å². The van der Waals surface area contributed by atoms with Crippen LogP contribution in [0.1, 0.15) is 30.0 Å². The minimum Gasteiger partial charge on any atom is -0.497 e. The largest absolute Gasteiger partial charge is 0.497 e. The van der Waals surface area contributed by atoms with Gasteiger partial charge in [0.25, 0.3) is 0 Å². The van der Waals surface area contributed by atoms with Crippen LogP contribution in [0.15, 0.2) is 66.7 Å². The first kappa shape index (κ1) is 22.3. The van der Waals surface area contributed by atoms with Gasteiger partial charge >= 0.3 is 0 Å². The molecule has 31 heavy (non-hydrogen) atoms. The summed E-state index contributed by atoms with van der Waals surface area (Å²) in [5.74, 6) is 0.866. The van der Waals surface area contributed by atoms with Gasteiger partial charge in [-0.15, -0.1) is 0 Å². The molecule has 0 spiro atoms. The van der Waals surface area contributed by atoms with Gasteiger partial charge in [0.2, 0.25) is 0 Å². The van der Waals surface area contributed by atoms with Gasteiger partial charge in [-0.2, -0.15) is 0 Å². The van der Waals surface area contributed by atoms with Crippen LogP contribution in [0, 0.1) is 0 Å². The lowest BCUT2D eigenvalue weighted by Crippen LogP contribution is -2.44. The molecule has 3 nitrogen and oxygen atoms in total. The molecule has 6 heteroatoms. The van der Waals surface area contributed by atoms with E-state index in [4.69, 9.17) is 39.5 Å². The maximum atomic E-state index is 6.17. The standard InChI is InChI=1S/C25H25Cl3N2O/c1-31-22-9-7-21(8-10-22)30-13-12-20(15-25(30)18-3-5-19(26)6-4-18)29-16-17-2-11-23(27)24(28)14-17/h2-11,14,20,25,29H,12-13,15-16H2,1H3. The van der Waals surface area contributed by atoms with Crippen molar-refractivity contribution in [2.24, 2.45) is 0 Å². The Hall–Kier alpha value is -1.91. The number of anilines is 1. The highest BCUT2D eigenvalue weighted by molar-refractivity contribution is 6.42. The van der Waals surface area contributed by atoms with Crippen molar-refractivity contribution in [3.8, 4) is 5.75 Å². The number of nitrogens with one attached hydrogen (secondary N) is 1. The minimum absolute atomic E-state index is 0.255. The predicted molar refractivity (Wildman–Crippen MR) is 131 cm³/mol. The van der Waals surface area contributed by atoms with Crippen molar-refractivity contribution in [1.29, 1.82) is 0 Å². The van der Waals surface area contributed by atoms with Crippen LogP contribution in [0.2, 0.25) is 15.1 Å². The van der Waals surface area contributed by atoms with E-state index >= 15 is 0 Å². The zero-order valence-corrected chi connectivity index (χ0v) is 19.6. The summed E-state index contributed by atoms with van der Waals surface area (Å²) in [5, 5.41) is 5.64. The predicted octanol–water partition coefficient (Wildman–Crippen LogP) is 7.16. The molecule has 4 rings (SSSR count). The highest BCUT2D eigenvalue weighted by Gasteiger charge is 2.29. The fourth-order valence-corrected chi connectivity index (χ4v) is 4.59. The van der Waals surface area contributed by atoms with E-state index in [-0.39, 0.29) is 6.04 Å². The molecule has 2 unspecified atom stereocenters. The van der Waals surface area contributed by atoms with Crippen LogP contribution in [-0.4, -0.2) is 19.7 Å². The number of hydrogen-bond acceptors (Lipinski definition) is 3. The summed E-state index contributed by atoms with van der Waals surface area (Å²) in [5.41, 5.74) is 3.60. The number of ether oxygens (including phenoxy) is 1. The molecule has 3 aromatic rings. The van der Waals surface area contributed by atoms with Gasteiger partial charge in [0, 0.05) is 29.8 Å². The monoisotopic (exact) mass is 474 g/mol. The number of methoxy groups -OCH3 is 1. The van der Waals surface area contributed by atoms with Crippen molar-refractivity contribution in [2.45, 2.75) is 31.5 Å². The number of nitrogens with zero attached hydrogens (tertiary/aromatic N) is 1. The highest BCUT2D eigenvalue weighted by atomic mass is 35.5. The third-order valence-corrected chi connectivity index (χ3v) is 6.83. The lowest BCUT2D eigenvalue weighted by atomic mass is 9.91. The van der Waals surface area contributed by atoms with E-state index in [1.54, 1.807) is 7.11 Å². The summed E-state index contributed by atoms with van der Waals surface area (Å²) in [7, 11) is 1.69. The molecule has 0 aliphatic carbocycles. The average Bonchev–Trinajstić information content (AvgIpc) is 2.80. The Morgan fingerprint density at radius 2 is 1.68 bits per heavy atom. The molecule has 1 aliphatic heterocycles. The van der Waals surface area contributed by atoms with E-state index in [0.29, 0.717) is 16.1 Å². The van der Waals surface area contributed by atoms with Crippen LogP contribution in [0.4, 0.5) is 5.69 Å². The minimum atomic E-state index is 0.255. The lowest BCUT2D eigenvalue weighted by molar-refractivity contribution is 0.359. The molecule has 1 fully saturated rings. The lowest BCUT2D eigenvalue weighted by Gasteiger charge is -2.42. The van der Waals surface area contributed by atoms with Crippen LogP contribution < -0.4 is 15.0 Å². The molecule has 2 atom stereocenters. The second-order valence-electron chi connectivity index (χ2n) is 7.81. The Morgan fingerprint density at radius 1 is 0.935 bits per heavy atom. The van der Waals surface area contributed by atoms with Gasteiger partial charge in [-0.05, 0) is 72.5 Å². The first-order chi connectivity index (χ1) is 15.0. The fraction of sp³-hybridized carbons (Fsp3) is 0.280. The summed E-state index contributed by atoms with van der Waals surface area (Å²) in [6.07, 6.45) is 2.05. The van der Waals surface area contributed by atoms with Crippen LogP contribution >= 0.6 is 34.8 Å². The van der Waals surface area contributed by atoms with E-state index < -0.39 is 0 Å². The van der Waals surface area contributed by atoms with Crippen molar-refractivity contribution < 1.29 is 4.74 Å². The number of rotatable bonds is 6. The van der Waals surface area contributed by atoms with Crippen molar-refractivity contribution in [1.82, 2.24) is 5.32 Å². The summed E-state index contributed by atoms with van der Waals surface area (Å²) >= 11 is 18.4. The van der Waals surface area contributed by atoms with Crippen LogP contribution in [0.25, 0.3) is 0 Å². The molecule has 0 aromatic heterocycles. The number of hydrogen-bond donors (Lipinski definition) is 1. The second-order valence-corrected chi connectivity index (χ2v) is 9.06. The van der Waals surface area contributed by atoms with E-state index in [2.05, 4.69) is 34.5 Å². The molecule has 1 heterocycles. The Bertz CT molecular complexity index is 1010. The fourth-order valence-electron chi connectivity index (χ4n) is 4.15. The second kappa shape index (κ2) is 10.1. The van der Waals surface area contributed by atoms with Crippen molar-refractivity contribution >= 4 is 40.5 Å². The Balaban J connectivity index is 1.51. The van der Waals surface area contributed by atoms with Gasteiger partial charge in [0.05, 0.1) is 23.2 Å². The molecule has 162 valence electrons. The van der Waals surface area contributed by atoms with Gasteiger partial charge in [-0.3, -0.25) is 0 Å². The zero-order chi connectivity index (χ0) is 21.8. The van der Waals surface area contributed by atoms with Crippen molar-refractivity contribution in [3.05, 3.63) is 92.9 Å². The van der Waals surface area contributed by atoms with Gasteiger partial charge in [0.1, 0.15) is 5.75 Å². The number of benzene rings is 3. The molecule has 1 N–H and O–H groups in total. The summed E-state index contributed by atoms with van der Waals surface area (Å²) < 4.78 is 5.33. The zero-order valence-electron chi connectivity index (χ0n) is 17.3. The average molecular weight is 476 g/mol. The summed E-state index contributed by atoms with van der Waals surface area (Å²) in [4.78, 5) is 2.47. The van der Waals surface area contributed by atoms with E-state index in [9.17, 15) is 0 Å². The number of piperidine rings is 1. The molecule has 0 amide bonds. The van der Waals surface area contributed by atoms with Crippen LogP contribution in [0.3, 0.4) is 0 Å². The Labute approximate surface area is 198 Å². The first-order valence-electron chi connectivity index (χ1n) is 10.4. The van der Waals surface area contributed by atoms with Gasteiger partial charge in [-0.25, -0.2) is 0 Å². The van der Waals surface area contributed by atoms with Crippen molar-refractivity contribution in [3.63, 3.8) is 0 Å². The van der Waals surface area contributed by atoms with Crippen LogP contribution in [0.5, 0.6) is 5.75 Å². The molecule has 0 radical (unpaired) electrons. The summed E-state index contributed by atoms with van der Waals surface area (Å²) in [6.45, 7) is 1.72. The third kappa shape index (κ3) is 5.48. The Morgan fingerprint density at radius 3 is 2.35 bits per heavy atom. The summed E-state index contributed by atoms with van der Waals surface area (Å²) in [6, 6.07) is 22.9. The topological polar surface area (TPSA) is 24.5 Å². The van der Waals surface area contributed by atoms with Gasteiger partial charge < -0.3 is 15.0 Å². The van der Waals surface area contributed by atoms with E-state index in [0.717, 1.165) is 42.3 Å². The molecular formula is C25H25Cl3N2O. The van der Waals surface area contributed by atoms with E-state index in [1.807, 2.05) is 42.5 Å². The maximum absolute atomic E-state index is 6.17.